The van der Waals surface area contributed by atoms with Gasteiger partial charge >= 0.3 is 0 Å². The third-order valence-electron chi connectivity index (χ3n) is 2.02. The molecule has 0 saturated heterocycles. The lowest BCUT2D eigenvalue weighted by Crippen LogP contribution is -2.11. The van der Waals surface area contributed by atoms with Crippen LogP contribution >= 0.6 is 0 Å². The van der Waals surface area contributed by atoms with Crippen LogP contribution in [0.15, 0.2) is 18.2 Å². The molecule has 0 heterocycles. The zero-order valence-electron chi connectivity index (χ0n) is 8.36. The van der Waals surface area contributed by atoms with Crippen molar-refractivity contribution >= 4 is 0 Å². The molecule has 0 fully saturated rings. The van der Waals surface area contributed by atoms with Crippen LogP contribution < -0.4 is 15.2 Å². The summed E-state index contributed by atoms with van der Waals surface area (Å²) >= 11 is 0. The predicted molar refractivity (Wildman–Crippen MR) is 53.6 cm³/mol. The van der Waals surface area contributed by atoms with Crippen molar-refractivity contribution in [1.82, 2.24) is 0 Å². The normalized spacial score (nSPS) is 12.3. The molecule has 1 aromatic carbocycles. The van der Waals surface area contributed by atoms with Crippen LogP contribution in [0.5, 0.6) is 11.5 Å². The molecule has 0 amide bonds. The van der Waals surface area contributed by atoms with E-state index in [0.29, 0.717) is 11.5 Å². The summed E-state index contributed by atoms with van der Waals surface area (Å²) in [5, 5.41) is 9.49. The van der Waals surface area contributed by atoms with E-state index in [1.54, 1.807) is 32.4 Å². The number of methoxy groups -OCH3 is 2. The van der Waals surface area contributed by atoms with Crippen molar-refractivity contribution in [3.63, 3.8) is 0 Å². The van der Waals surface area contributed by atoms with Gasteiger partial charge in [0.2, 0.25) is 0 Å². The number of rotatable bonds is 4. The van der Waals surface area contributed by atoms with Crippen LogP contribution in [-0.4, -0.2) is 25.9 Å². The summed E-state index contributed by atoms with van der Waals surface area (Å²) in [6, 6.07) is 5.22. The maximum Gasteiger partial charge on any atom is 0.161 e. The van der Waals surface area contributed by atoms with E-state index in [-0.39, 0.29) is 6.54 Å². The van der Waals surface area contributed by atoms with E-state index in [0.717, 1.165) is 5.56 Å². The van der Waals surface area contributed by atoms with Gasteiger partial charge in [-0.25, -0.2) is 0 Å². The number of benzene rings is 1. The molecule has 3 N–H and O–H groups in total. The molecule has 4 nitrogen and oxygen atoms in total. The summed E-state index contributed by atoms with van der Waals surface area (Å²) in [5.74, 6) is 1.23. The summed E-state index contributed by atoms with van der Waals surface area (Å²) in [4.78, 5) is 0. The number of aliphatic hydroxyl groups excluding tert-OH is 1. The molecule has 1 atom stereocenters. The van der Waals surface area contributed by atoms with Crippen LogP contribution in [0.3, 0.4) is 0 Å². The van der Waals surface area contributed by atoms with E-state index in [9.17, 15) is 5.11 Å². The molecule has 0 bridgehead atoms. The summed E-state index contributed by atoms with van der Waals surface area (Å²) in [6.07, 6.45) is -0.658. The van der Waals surface area contributed by atoms with Crippen LogP contribution in [0.4, 0.5) is 0 Å². The minimum atomic E-state index is -0.658. The van der Waals surface area contributed by atoms with Gasteiger partial charge in [-0.1, -0.05) is 6.07 Å². The zero-order chi connectivity index (χ0) is 10.6. The first-order chi connectivity index (χ1) is 6.72. The van der Waals surface area contributed by atoms with E-state index < -0.39 is 6.10 Å². The molecule has 1 rings (SSSR count). The molecule has 0 saturated carbocycles. The van der Waals surface area contributed by atoms with E-state index in [2.05, 4.69) is 0 Å². The molecule has 0 aliphatic rings. The fourth-order valence-electron chi connectivity index (χ4n) is 1.20. The highest BCUT2D eigenvalue weighted by atomic mass is 16.5. The molecule has 0 aliphatic carbocycles. The first kappa shape index (κ1) is 10.8. The highest BCUT2D eigenvalue weighted by Crippen LogP contribution is 2.29. The van der Waals surface area contributed by atoms with Gasteiger partial charge in [-0.2, -0.15) is 0 Å². The van der Waals surface area contributed by atoms with Gasteiger partial charge in [0.25, 0.3) is 0 Å². The lowest BCUT2D eigenvalue weighted by atomic mass is 10.1. The molecule has 4 heteroatoms. The van der Waals surface area contributed by atoms with Crippen molar-refractivity contribution in [2.45, 2.75) is 6.10 Å². The number of aliphatic hydroxyl groups is 1. The van der Waals surface area contributed by atoms with Crippen LogP contribution in [0.2, 0.25) is 0 Å². The number of nitrogens with two attached hydrogens (primary N) is 1. The summed E-state index contributed by atoms with van der Waals surface area (Å²) in [7, 11) is 3.12. The maximum absolute atomic E-state index is 9.49. The minimum absolute atomic E-state index is 0.190. The Morgan fingerprint density at radius 1 is 1.29 bits per heavy atom. The third kappa shape index (κ3) is 2.16. The smallest absolute Gasteiger partial charge is 0.161 e. The average molecular weight is 197 g/mol. The Kier molecular flexibility index (Phi) is 3.73. The molecule has 14 heavy (non-hydrogen) atoms. The first-order valence-electron chi connectivity index (χ1n) is 4.33. The van der Waals surface area contributed by atoms with Gasteiger partial charge in [0, 0.05) is 6.54 Å². The Morgan fingerprint density at radius 2 is 1.93 bits per heavy atom. The van der Waals surface area contributed by atoms with Gasteiger partial charge in [0.05, 0.1) is 20.3 Å². The summed E-state index contributed by atoms with van der Waals surface area (Å²) in [6.45, 7) is 0.190. The largest absolute Gasteiger partial charge is 0.493 e. The van der Waals surface area contributed by atoms with Gasteiger partial charge in [-0.3, -0.25) is 0 Å². The Morgan fingerprint density at radius 3 is 2.43 bits per heavy atom. The molecule has 0 spiro atoms. The quantitative estimate of drug-likeness (QED) is 0.745. The van der Waals surface area contributed by atoms with Crippen LogP contribution in [0, 0.1) is 0 Å². The van der Waals surface area contributed by atoms with E-state index >= 15 is 0 Å². The Labute approximate surface area is 83.3 Å². The molecule has 78 valence electrons. The molecule has 0 radical (unpaired) electrons. The van der Waals surface area contributed by atoms with E-state index in [4.69, 9.17) is 15.2 Å². The van der Waals surface area contributed by atoms with E-state index in [1.807, 2.05) is 0 Å². The third-order valence-corrected chi connectivity index (χ3v) is 2.02. The number of hydrogen-bond donors (Lipinski definition) is 2. The molecule has 1 aromatic rings. The second-order valence-electron chi connectivity index (χ2n) is 2.87. The molecule has 0 aromatic heterocycles. The van der Waals surface area contributed by atoms with Gasteiger partial charge in [-0.15, -0.1) is 0 Å². The van der Waals surface area contributed by atoms with Crippen LogP contribution in [0.25, 0.3) is 0 Å². The Balaban J connectivity index is 3.01. The zero-order valence-corrected chi connectivity index (χ0v) is 8.36. The van der Waals surface area contributed by atoms with Gasteiger partial charge in [-0.05, 0) is 17.7 Å². The van der Waals surface area contributed by atoms with Crippen molar-refractivity contribution in [1.29, 1.82) is 0 Å². The molecular weight excluding hydrogens is 182 g/mol. The molecule has 0 aliphatic heterocycles. The second-order valence-corrected chi connectivity index (χ2v) is 2.87. The molecular formula is C10H15NO3. The van der Waals surface area contributed by atoms with Crippen molar-refractivity contribution in [2.24, 2.45) is 5.73 Å². The van der Waals surface area contributed by atoms with Crippen molar-refractivity contribution < 1.29 is 14.6 Å². The summed E-state index contributed by atoms with van der Waals surface area (Å²) < 4.78 is 10.2. The van der Waals surface area contributed by atoms with Crippen LogP contribution in [0.1, 0.15) is 11.7 Å². The monoisotopic (exact) mass is 197 g/mol. The minimum Gasteiger partial charge on any atom is -0.493 e. The SMILES string of the molecule is COc1ccc([C@H](O)CN)cc1OC. The van der Waals surface area contributed by atoms with Gasteiger partial charge < -0.3 is 20.3 Å². The highest BCUT2D eigenvalue weighted by molar-refractivity contribution is 5.43. The lowest BCUT2D eigenvalue weighted by Gasteiger charge is -2.12. The number of ether oxygens (including phenoxy) is 2. The Bertz CT molecular complexity index is 301. The number of hydrogen-bond acceptors (Lipinski definition) is 4. The lowest BCUT2D eigenvalue weighted by molar-refractivity contribution is 0.186. The fourth-order valence-corrected chi connectivity index (χ4v) is 1.20. The van der Waals surface area contributed by atoms with Crippen molar-refractivity contribution in [3.8, 4) is 11.5 Å². The molecule has 0 unspecified atom stereocenters. The predicted octanol–water partition coefficient (Wildman–Crippen LogP) is 0.696. The van der Waals surface area contributed by atoms with Crippen molar-refractivity contribution in [3.05, 3.63) is 23.8 Å². The van der Waals surface area contributed by atoms with Crippen LogP contribution in [-0.2, 0) is 0 Å². The fraction of sp³-hybridized carbons (Fsp3) is 0.400. The summed E-state index contributed by atoms with van der Waals surface area (Å²) in [5.41, 5.74) is 6.07. The Hall–Kier alpha value is -1.26. The standard InChI is InChI=1S/C10H15NO3/c1-13-9-4-3-7(8(12)6-11)5-10(9)14-2/h3-5,8,12H,6,11H2,1-2H3/t8-/m1/s1. The van der Waals surface area contributed by atoms with Crippen molar-refractivity contribution in [2.75, 3.05) is 20.8 Å². The van der Waals surface area contributed by atoms with Gasteiger partial charge in [0.15, 0.2) is 11.5 Å². The topological polar surface area (TPSA) is 64.7 Å². The maximum atomic E-state index is 9.49. The average Bonchev–Trinajstić information content (AvgIpc) is 2.26. The van der Waals surface area contributed by atoms with Gasteiger partial charge in [0.1, 0.15) is 0 Å². The first-order valence-corrected chi connectivity index (χ1v) is 4.33. The highest BCUT2D eigenvalue weighted by Gasteiger charge is 2.09. The second kappa shape index (κ2) is 4.83. The van der Waals surface area contributed by atoms with E-state index in [1.165, 1.54) is 0 Å².